The van der Waals surface area contributed by atoms with Gasteiger partial charge in [0.15, 0.2) is 0 Å². The molecule has 2 aliphatic rings. The Kier molecular flexibility index (Phi) is 6.49. The molecule has 1 aromatic carbocycles. The van der Waals surface area contributed by atoms with E-state index in [2.05, 4.69) is 5.32 Å². The van der Waals surface area contributed by atoms with Gasteiger partial charge in [0.05, 0.1) is 19.3 Å². The van der Waals surface area contributed by atoms with Crippen LogP contribution in [0.25, 0.3) is 0 Å². The van der Waals surface area contributed by atoms with E-state index in [4.69, 9.17) is 13.9 Å². The molecule has 0 spiro atoms. The van der Waals surface area contributed by atoms with Crippen LogP contribution in [0.5, 0.6) is 5.75 Å². The molecule has 0 aliphatic carbocycles. The third-order valence-corrected chi connectivity index (χ3v) is 7.70. The number of nitrogens with zero attached hydrogens (tertiary/aromatic N) is 1. The van der Waals surface area contributed by atoms with Crippen LogP contribution in [0.4, 0.5) is 0 Å². The van der Waals surface area contributed by atoms with Crippen molar-refractivity contribution in [2.45, 2.75) is 57.2 Å². The van der Waals surface area contributed by atoms with Crippen molar-refractivity contribution in [3.63, 3.8) is 0 Å². The highest BCUT2D eigenvalue weighted by Crippen LogP contribution is 2.36. The molecule has 1 N–H and O–H groups in total. The van der Waals surface area contributed by atoms with Crippen molar-refractivity contribution < 1.29 is 31.9 Å². The molecular weight excluding hydrogens is 448 g/mol. The average molecular weight is 477 g/mol. The van der Waals surface area contributed by atoms with Gasteiger partial charge in [0.2, 0.25) is 16.8 Å². The monoisotopic (exact) mass is 476 g/mol. The lowest BCUT2D eigenvalue weighted by atomic mass is 9.95. The number of furan rings is 1. The van der Waals surface area contributed by atoms with Gasteiger partial charge in [-0.3, -0.25) is 4.79 Å². The van der Waals surface area contributed by atoms with Crippen molar-refractivity contribution in [2.24, 2.45) is 0 Å². The van der Waals surface area contributed by atoms with E-state index in [1.807, 2.05) is 26.0 Å². The summed E-state index contributed by atoms with van der Waals surface area (Å²) in [5.41, 5.74) is 2.98. The highest BCUT2D eigenvalue weighted by atomic mass is 32.2. The molecule has 1 aromatic heterocycles. The SMILES string of the molecule is CCOC(=O)c1ccc(S(=O)(=O)N2CCCC2C(=O)NC2CCOc3c(C)cc(C)cc32)o1. The summed E-state index contributed by atoms with van der Waals surface area (Å²) >= 11 is 0. The summed E-state index contributed by atoms with van der Waals surface area (Å²) in [4.78, 5) is 25.1. The molecule has 33 heavy (non-hydrogen) atoms. The number of fused-ring (bicyclic) bond motifs is 1. The van der Waals surface area contributed by atoms with Crippen LogP contribution in [0.15, 0.2) is 33.8 Å². The van der Waals surface area contributed by atoms with Crippen molar-refractivity contribution in [3.8, 4) is 5.75 Å². The molecular formula is C23H28N2O7S. The van der Waals surface area contributed by atoms with Crippen molar-refractivity contribution >= 4 is 21.9 Å². The predicted molar refractivity (Wildman–Crippen MR) is 118 cm³/mol. The zero-order valence-electron chi connectivity index (χ0n) is 18.9. The molecule has 1 amide bonds. The number of carbonyl (C=O) groups excluding carboxylic acids is 2. The Labute approximate surface area is 193 Å². The van der Waals surface area contributed by atoms with Crippen molar-refractivity contribution in [1.82, 2.24) is 9.62 Å². The van der Waals surface area contributed by atoms with E-state index in [1.165, 1.54) is 12.1 Å². The van der Waals surface area contributed by atoms with Gasteiger partial charge in [-0.15, -0.1) is 0 Å². The number of hydrogen-bond donors (Lipinski definition) is 1. The maximum Gasteiger partial charge on any atom is 0.374 e. The molecule has 3 heterocycles. The Morgan fingerprint density at radius 3 is 2.76 bits per heavy atom. The molecule has 2 aliphatic heterocycles. The van der Waals surface area contributed by atoms with E-state index in [9.17, 15) is 18.0 Å². The maximum absolute atomic E-state index is 13.2. The van der Waals surface area contributed by atoms with Gasteiger partial charge in [-0.05, 0) is 51.3 Å². The molecule has 0 radical (unpaired) electrons. The molecule has 2 atom stereocenters. The van der Waals surface area contributed by atoms with E-state index < -0.39 is 22.0 Å². The minimum atomic E-state index is -4.10. The van der Waals surface area contributed by atoms with Crippen LogP contribution in [0.3, 0.4) is 0 Å². The summed E-state index contributed by atoms with van der Waals surface area (Å²) in [5, 5.41) is 2.65. The first kappa shape index (κ1) is 23.3. The van der Waals surface area contributed by atoms with E-state index in [1.54, 1.807) is 6.92 Å². The van der Waals surface area contributed by atoms with Crippen LogP contribution in [0, 0.1) is 13.8 Å². The van der Waals surface area contributed by atoms with Gasteiger partial charge in [-0.1, -0.05) is 17.7 Å². The Balaban J connectivity index is 1.53. The highest BCUT2D eigenvalue weighted by molar-refractivity contribution is 7.89. The molecule has 1 fully saturated rings. The van der Waals surface area contributed by atoms with Gasteiger partial charge in [0.25, 0.3) is 10.0 Å². The zero-order valence-corrected chi connectivity index (χ0v) is 19.7. The first-order valence-electron chi connectivity index (χ1n) is 11.1. The van der Waals surface area contributed by atoms with Crippen molar-refractivity contribution in [3.05, 3.63) is 46.7 Å². The number of ether oxygens (including phenoxy) is 2. The number of rotatable bonds is 6. The van der Waals surface area contributed by atoms with Crippen LogP contribution >= 0.6 is 0 Å². The Morgan fingerprint density at radius 2 is 2.00 bits per heavy atom. The summed E-state index contributed by atoms with van der Waals surface area (Å²) in [6.07, 6.45) is 1.55. The quantitative estimate of drug-likeness (QED) is 0.638. The number of hydrogen-bond acceptors (Lipinski definition) is 7. The van der Waals surface area contributed by atoms with Crippen LogP contribution in [0.2, 0.25) is 0 Å². The predicted octanol–water partition coefficient (Wildman–Crippen LogP) is 2.87. The van der Waals surface area contributed by atoms with Crippen molar-refractivity contribution in [2.75, 3.05) is 19.8 Å². The number of amides is 1. The molecule has 178 valence electrons. The second-order valence-corrected chi connectivity index (χ2v) is 10.1. The third-order valence-electron chi connectivity index (χ3n) is 5.92. The van der Waals surface area contributed by atoms with E-state index >= 15 is 0 Å². The van der Waals surface area contributed by atoms with Gasteiger partial charge >= 0.3 is 5.97 Å². The Morgan fingerprint density at radius 1 is 1.21 bits per heavy atom. The zero-order chi connectivity index (χ0) is 23.8. The number of carbonyl (C=O) groups is 2. The smallest absolute Gasteiger partial charge is 0.374 e. The van der Waals surface area contributed by atoms with E-state index in [0.29, 0.717) is 25.9 Å². The Bertz CT molecular complexity index is 1170. The van der Waals surface area contributed by atoms with Gasteiger partial charge < -0.3 is 19.2 Å². The number of sulfonamides is 1. The molecule has 2 unspecified atom stereocenters. The van der Waals surface area contributed by atoms with Crippen LogP contribution in [-0.2, 0) is 19.6 Å². The van der Waals surface area contributed by atoms with Crippen LogP contribution in [-0.4, -0.2) is 50.4 Å². The number of aryl methyl sites for hydroxylation is 2. The molecule has 1 saturated heterocycles. The average Bonchev–Trinajstić information content (AvgIpc) is 3.45. The fourth-order valence-electron chi connectivity index (χ4n) is 4.47. The van der Waals surface area contributed by atoms with E-state index in [-0.39, 0.29) is 36.0 Å². The molecule has 10 heteroatoms. The van der Waals surface area contributed by atoms with Gasteiger partial charge in [0.1, 0.15) is 11.8 Å². The van der Waals surface area contributed by atoms with Gasteiger partial charge in [0, 0.05) is 18.5 Å². The lowest BCUT2D eigenvalue weighted by Gasteiger charge is -2.30. The van der Waals surface area contributed by atoms with Gasteiger partial charge in [-0.25, -0.2) is 13.2 Å². The lowest BCUT2D eigenvalue weighted by Crippen LogP contribution is -2.47. The van der Waals surface area contributed by atoms with Crippen LogP contribution in [0.1, 0.15) is 59.5 Å². The molecule has 4 rings (SSSR count). The Hall–Kier alpha value is -2.85. The highest BCUT2D eigenvalue weighted by Gasteiger charge is 2.42. The summed E-state index contributed by atoms with van der Waals surface area (Å²) in [7, 11) is -4.10. The molecule has 2 aromatic rings. The van der Waals surface area contributed by atoms with Gasteiger partial charge in [-0.2, -0.15) is 4.31 Å². The third kappa shape index (κ3) is 4.49. The minimum absolute atomic E-state index is 0.143. The first-order valence-corrected chi connectivity index (χ1v) is 12.5. The van der Waals surface area contributed by atoms with Crippen LogP contribution < -0.4 is 10.1 Å². The fraction of sp³-hybridized carbons (Fsp3) is 0.478. The lowest BCUT2D eigenvalue weighted by molar-refractivity contribution is -0.125. The topological polar surface area (TPSA) is 115 Å². The minimum Gasteiger partial charge on any atom is -0.493 e. The second kappa shape index (κ2) is 9.18. The number of nitrogens with one attached hydrogen (secondary N) is 1. The molecule has 0 saturated carbocycles. The fourth-order valence-corrected chi connectivity index (χ4v) is 6.04. The first-order chi connectivity index (χ1) is 15.7. The number of benzene rings is 1. The molecule has 9 nitrogen and oxygen atoms in total. The summed E-state index contributed by atoms with van der Waals surface area (Å²) in [6.45, 7) is 6.40. The largest absolute Gasteiger partial charge is 0.493 e. The second-order valence-electron chi connectivity index (χ2n) is 8.31. The summed E-state index contributed by atoms with van der Waals surface area (Å²) in [5.74, 6) is -0.515. The number of esters is 1. The maximum atomic E-state index is 13.2. The van der Waals surface area contributed by atoms with Crippen molar-refractivity contribution in [1.29, 1.82) is 0 Å². The summed E-state index contributed by atoms with van der Waals surface area (Å²) < 4.78 is 43.5. The summed E-state index contributed by atoms with van der Waals surface area (Å²) in [6, 6.07) is 5.39. The van der Waals surface area contributed by atoms with E-state index in [0.717, 1.165) is 26.7 Å². The normalized spacial score (nSPS) is 20.7. The standard InChI is InChI=1S/C23H28N2O7S/c1-4-30-23(27)19-7-8-20(32-19)33(28,29)25-10-5-6-18(25)22(26)24-17-9-11-31-21-15(3)12-14(2)13-16(17)21/h7-8,12-13,17-18H,4-6,9-11H2,1-3H3,(H,24,26). The molecule has 0 bridgehead atoms.